The lowest BCUT2D eigenvalue weighted by atomic mass is 10.1. The van der Waals surface area contributed by atoms with Crippen molar-refractivity contribution in [3.05, 3.63) is 84.6 Å². The highest BCUT2D eigenvalue weighted by atomic mass is 16.5. The molecule has 0 atom stereocenters. The molecule has 0 spiro atoms. The van der Waals surface area contributed by atoms with Gasteiger partial charge in [0, 0.05) is 44.1 Å². The maximum atomic E-state index is 13.5. The average Bonchev–Trinajstić information content (AvgIpc) is 2.96. The normalized spacial score (nSPS) is 10.3. The summed E-state index contributed by atoms with van der Waals surface area (Å²) in [6.45, 7) is 10.1. The smallest absolute Gasteiger partial charge is 0.341 e. The van der Waals surface area contributed by atoms with Gasteiger partial charge in [-0.3, -0.25) is 19.5 Å². The van der Waals surface area contributed by atoms with E-state index < -0.39 is 24.5 Å². The number of rotatable bonds is 14. The van der Waals surface area contributed by atoms with Gasteiger partial charge < -0.3 is 20.1 Å². The Kier molecular flexibility index (Phi) is 10.5. The molecule has 1 amide bonds. The van der Waals surface area contributed by atoms with Crippen LogP contribution < -0.4 is 15.1 Å². The SMILES string of the molecule is C=Nc1cc(C(=O)N(CCC(=O)OCC(=O)O)c2ccccn2)ccc1N(C)CCNc1ccc(C(=C)C)cc1. The number of hydrogen-bond donors (Lipinski definition) is 2. The molecule has 1 aromatic heterocycles. The van der Waals surface area contributed by atoms with E-state index >= 15 is 0 Å². The molecule has 0 saturated heterocycles. The van der Waals surface area contributed by atoms with Crippen LogP contribution in [-0.4, -0.2) is 67.9 Å². The van der Waals surface area contributed by atoms with Crippen LogP contribution in [0.5, 0.6) is 0 Å². The van der Waals surface area contributed by atoms with Crippen molar-refractivity contribution in [1.82, 2.24) is 4.98 Å². The summed E-state index contributed by atoms with van der Waals surface area (Å²) in [7, 11) is 1.93. The fourth-order valence-corrected chi connectivity index (χ4v) is 3.87. The molecule has 3 aromatic rings. The molecule has 0 bridgehead atoms. The predicted octanol–water partition coefficient (Wildman–Crippen LogP) is 4.66. The minimum absolute atomic E-state index is 0.0498. The number of nitrogens with one attached hydrogen (secondary N) is 1. The molecule has 0 fully saturated rings. The minimum atomic E-state index is -1.26. The van der Waals surface area contributed by atoms with Crippen LogP contribution in [0.1, 0.15) is 29.3 Å². The van der Waals surface area contributed by atoms with Gasteiger partial charge in [0.25, 0.3) is 5.91 Å². The molecule has 208 valence electrons. The maximum absolute atomic E-state index is 13.5. The Hall–Kier alpha value is -4.99. The summed E-state index contributed by atoms with van der Waals surface area (Å²) in [5, 5.41) is 12.1. The van der Waals surface area contributed by atoms with E-state index in [4.69, 9.17) is 9.84 Å². The highest BCUT2D eigenvalue weighted by Crippen LogP contribution is 2.30. The monoisotopic (exact) mass is 543 g/mol. The first-order chi connectivity index (χ1) is 19.2. The summed E-state index contributed by atoms with van der Waals surface area (Å²) >= 11 is 0. The summed E-state index contributed by atoms with van der Waals surface area (Å²) < 4.78 is 4.69. The van der Waals surface area contributed by atoms with E-state index in [1.165, 1.54) is 11.1 Å². The zero-order valence-electron chi connectivity index (χ0n) is 22.7. The van der Waals surface area contributed by atoms with Crippen molar-refractivity contribution >= 4 is 53.0 Å². The molecule has 0 saturated carbocycles. The lowest BCUT2D eigenvalue weighted by molar-refractivity contribution is -0.154. The van der Waals surface area contributed by atoms with Crippen molar-refractivity contribution in [1.29, 1.82) is 0 Å². The molecule has 2 N–H and O–H groups in total. The molecule has 3 rings (SSSR count). The van der Waals surface area contributed by atoms with E-state index in [9.17, 15) is 14.4 Å². The fourth-order valence-electron chi connectivity index (χ4n) is 3.87. The molecule has 0 unspecified atom stereocenters. The zero-order valence-corrected chi connectivity index (χ0v) is 22.7. The summed E-state index contributed by atoms with van der Waals surface area (Å²) in [5.74, 6) is -2.05. The lowest BCUT2D eigenvalue weighted by Crippen LogP contribution is -2.34. The second-order valence-electron chi connectivity index (χ2n) is 9.02. The van der Waals surface area contributed by atoms with Crippen LogP contribution in [0.15, 0.2) is 78.4 Å². The van der Waals surface area contributed by atoms with Crippen LogP contribution in [-0.2, 0) is 14.3 Å². The number of carbonyl (C=O) groups excluding carboxylic acids is 2. The lowest BCUT2D eigenvalue weighted by Gasteiger charge is -2.24. The van der Waals surface area contributed by atoms with Gasteiger partial charge in [-0.2, -0.15) is 0 Å². The number of amides is 1. The Balaban J connectivity index is 1.70. The number of benzene rings is 2. The summed E-state index contributed by atoms with van der Waals surface area (Å²) in [5.41, 5.74) is 4.77. The number of likely N-dealkylation sites (N-methyl/N-ethyl adjacent to an activating group) is 1. The number of anilines is 3. The van der Waals surface area contributed by atoms with Gasteiger partial charge in [-0.1, -0.05) is 30.4 Å². The molecule has 10 nitrogen and oxygen atoms in total. The summed E-state index contributed by atoms with van der Waals surface area (Å²) in [6.07, 6.45) is 1.34. The van der Waals surface area contributed by atoms with Crippen molar-refractivity contribution in [2.75, 3.05) is 48.4 Å². The fraction of sp³-hybridized carbons (Fsp3) is 0.233. The number of carboxylic acid groups (broad SMARTS) is 1. The Bertz CT molecular complexity index is 1360. The largest absolute Gasteiger partial charge is 0.479 e. The standard InChI is InChI=1S/C30H33N5O5/c1-21(2)22-8-11-24(12-9-22)32-16-18-34(4)26-13-10-23(19-25(26)31-3)30(39)35(27-7-5-6-15-33-27)17-14-29(38)40-20-28(36)37/h5-13,15,19,32H,1,3,14,16-18,20H2,2,4H3,(H,36,37). The van der Waals surface area contributed by atoms with Gasteiger partial charge in [-0.15, -0.1) is 0 Å². The molecule has 0 aliphatic carbocycles. The van der Waals surface area contributed by atoms with E-state index in [1.54, 1.807) is 36.4 Å². The van der Waals surface area contributed by atoms with Crippen molar-refractivity contribution < 1.29 is 24.2 Å². The van der Waals surface area contributed by atoms with Gasteiger partial charge in [-0.05, 0) is 61.7 Å². The highest BCUT2D eigenvalue weighted by Gasteiger charge is 2.22. The van der Waals surface area contributed by atoms with Gasteiger partial charge in [0.05, 0.1) is 17.8 Å². The van der Waals surface area contributed by atoms with E-state index in [1.807, 2.05) is 43.1 Å². The minimum Gasteiger partial charge on any atom is -0.479 e. The van der Waals surface area contributed by atoms with Gasteiger partial charge in [0.2, 0.25) is 0 Å². The molecule has 10 heteroatoms. The Morgan fingerprint density at radius 1 is 1.05 bits per heavy atom. The molecule has 0 radical (unpaired) electrons. The molecule has 0 aliphatic heterocycles. The van der Waals surface area contributed by atoms with Crippen molar-refractivity contribution in [3.8, 4) is 0 Å². The van der Waals surface area contributed by atoms with Crippen LogP contribution >= 0.6 is 0 Å². The van der Waals surface area contributed by atoms with Gasteiger partial charge >= 0.3 is 11.9 Å². The molecule has 40 heavy (non-hydrogen) atoms. The Morgan fingerprint density at radius 3 is 2.40 bits per heavy atom. The molecule has 1 heterocycles. The quantitative estimate of drug-likeness (QED) is 0.222. The van der Waals surface area contributed by atoms with Crippen LogP contribution in [0.2, 0.25) is 0 Å². The van der Waals surface area contributed by atoms with Crippen molar-refractivity contribution in [2.45, 2.75) is 13.3 Å². The molecular weight excluding hydrogens is 510 g/mol. The van der Waals surface area contributed by atoms with Crippen LogP contribution in [0.3, 0.4) is 0 Å². The number of carboxylic acids is 1. The number of esters is 1. The third-order valence-corrected chi connectivity index (χ3v) is 6.03. The number of allylic oxidation sites excluding steroid dienone is 1. The number of aliphatic carboxylic acids is 1. The summed E-state index contributed by atoms with van der Waals surface area (Å²) in [4.78, 5) is 47.9. The van der Waals surface area contributed by atoms with Gasteiger partial charge in [-0.25, -0.2) is 9.78 Å². The van der Waals surface area contributed by atoms with Crippen molar-refractivity contribution in [3.63, 3.8) is 0 Å². The maximum Gasteiger partial charge on any atom is 0.341 e. The van der Waals surface area contributed by atoms with Crippen LogP contribution in [0, 0.1) is 0 Å². The first-order valence-electron chi connectivity index (χ1n) is 12.6. The average molecular weight is 544 g/mol. The van der Waals surface area contributed by atoms with E-state index in [0.717, 1.165) is 22.5 Å². The van der Waals surface area contributed by atoms with Gasteiger partial charge in [0.1, 0.15) is 5.82 Å². The second kappa shape index (κ2) is 14.2. The number of aromatic nitrogens is 1. The van der Waals surface area contributed by atoms with Crippen molar-refractivity contribution in [2.24, 2.45) is 4.99 Å². The number of ether oxygens (including phenoxy) is 1. The first-order valence-corrected chi connectivity index (χ1v) is 12.6. The number of carbonyl (C=O) groups is 3. The van der Waals surface area contributed by atoms with E-state index in [-0.39, 0.29) is 13.0 Å². The third-order valence-electron chi connectivity index (χ3n) is 6.03. The number of aliphatic imine (C=N–C) groups is 1. The van der Waals surface area contributed by atoms with E-state index in [2.05, 4.69) is 28.6 Å². The second-order valence-corrected chi connectivity index (χ2v) is 9.02. The Morgan fingerprint density at radius 2 is 1.77 bits per heavy atom. The predicted molar refractivity (Wildman–Crippen MR) is 158 cm³/mol. The zero-order chi connectivity index (χ0) is 29.1. The molecular formula is C30H33N5O5. The topological polar surface area (TPSA) is 124 Å². The third kappa shape index (κ3) is 8.26. The number of pyridine rings is 1. The van der Waals surface area contributed by atoms with Gasteiger partial charge in [0.15, 0.2) is 6.61 Å². The van der Waals surface area contributed by atoms with E-state index in [0.29, 0.717) is 30.2 Å². The molecule has 2 aromatic carbocycles. The van der Waals surface area contributed by atoms with Crippen LogP contribution in [0.25, 0.3) is 5.57 Å². The van der Waals surface area contributed by atoms with Crippen LogP contribution in [0.4, 0.5) is 22.9 Å². The first kappa shape index (κ1) is 29.6. The summed E-state index contributed by atoms with van der Waals surface area (Å²) in [6, 6.07) is 18.3. The number of hydrogen-bond acceptors (Lipinski definition) is 8. The number of nitrogens with zero attached hydrogens (tertiary/aromatic N) is 4. The molecule has 0 aliphatic rings. The Labute approximate surface area is 233 Å². The highest BCUT2D eigenvalue weighted by molar-refractivity contribution is 6.06.